The van der Waals surface area contributed by atoms with Crippen LogP contribution in [0.2, 0.25) is 0 Å². The van der Waals surface area contributed by atoms with E-state index in [1.807, 2.05) is 0 Å². The Bertz CT molecular complexity index is 1060. The molecule has 186 valence electrons. The monoisotopic (exact) mass is 518 g/mol. The number of nitrogens with zero attached hydrogens (tertiary/aromatic N) is 4. The van der Waals surface area contributed by atoms with Crippen LogP contribution >= 0.6 is 24.8 Å². The van der Waals surface area contributed by atoms with Gasteiger partial charge in [0.1, 0.15) is 5.75 Å². The first-order chi connectivity index (χ1) is 15.4. The molecule has 4 rings (SSSR count). The quantitative estimate of drug-likeness (QED) is 0.502. The van der Waals surface area contributed by atoms with Crippen LogP contribution in [0.15, 0.2) is 42.5 Å². The minimum absolute atomic E-state index is 0. The normalized spacial score (nSPS) is 18.0. The minimum atomic E-state index is -4.66. The van der Waals surface area contributed by atoms with Crippen LogP contribution in [0.1, 0.15) is 41.4 Å². The molecule has 1 aliphatic rings. The Morgan fingerprint density at radius 1 is 1.15 bits per heavy atom. The molecule has 3 aromatic rings. The fourth-order valence-electron chi connectivity index (χ4n) is 4.05. The Hall–Kier alpha value is -2.40. The molecule has 1 aromatic heterocycles. The van der Waals surface area contributed by atoms with Crippen LogP contribution in [-0.2, 0) is 12.7 Å². The van der Waals surface area contributed by atoms with Crippen LogP contribution in [0.5, 0.6) is 5.75 Å². The lowest BCUT2D eigenvalue weighted by Crippen LogP contribution is -2.45. The first-order valence-corrected chi connectivity index (χ1v) is 10.4. The Morgan fingerprint density at radius 2 is 1.88 bits per heavy atom. The Morgan fingerprint density at radius 3 is 2.56 bits per heavy atom. The van der Waals surface area contributed by atoms with Gasteiger partial charge in [-0.25, -0.2) is 0 Å². The number of ether oxygens (including phenoxy) is 1. The van der Waals surface area contributed by atoms with E-state index < -0.39 is 12.0 Å². The molecule has 1 saturated heterocycles. The van der Waals surface area contributed by atoms with Crippen molar-refractivity contribution in [2.24, 2.45) is 0 Å². The van der Waals surface area contributed by atoms with Crippen LogP contribution in [0.4, 0.5) is 13.2 Å². The smallest absolute Gasteiger partial charge is 0.453 e. The molecule has 2 atom stereocenters. The third-order valence-electron chi connectivity index (χ3n) is 5.68. The van der Waals surface area contributed by atoms with Gasteiger partial charge in [-0.3, -0.25) is 0 Å². The molecule has 1 aliphatic heterocycles. The molecule has 0 unspecified atom stereocenters. The summed E-state index contributed by atoms with van der Waals surface area (Å²) in [5.74, 6) is -0.587. The molecular formula is C22H27Cl2F3N6O. The molecule has 0 spiro atoms. The van der Waals surface area contributed by atoms with Crippen molar-refractivity contribution in [2.45, 2.75) is 44.6 Å². The zero-order valence-corrected chi connectivity index (χ0v) is 20.3. The van der Waals surface area contributed by atoms with Crippen molar-refractivity contribution in [3.63, 3.8) is 0 Å². The first kappa shape index (κ1) is 27.8. The Kier molecular flexibility index (Phi) is 9.69. The maximum atomic E-state index is 13.2. The molecule has 34 heavy (non-hydrogen) atoms. The number of benzene rings is 2. The number of rotatable bonds is 6. The van der Waals surface area contributed by atoms with Gasteiger partial charge in [-0.05, 0) is 60.5 Å². The van der Waals surface area contributed by atoms with Gasteiger partial charge in [0.2, 0.25) is 0 Å². The first-order valence-electron chi connectivity index (χ1n) is 10.4. The lowest BCUT2D eigenvalue weighted by molar-refractivity contribution is -0.146. The predicted octanol–water partition coefficient (Wildman–Crippen LogP) is 4.42. The van der Waals surface area contributed by atoms with Crippen molar-refractivity contribution in [3.8, 4) is 11.4 Å². The van der Waals surface area contributed by atoms with E-state index in [9.17, 15) is 13.2 Å². The second kappa shape index (κ2) is 11.8. The summed E-state index contributed by atoms with van der Waals surface area (Å²) in [6.07, 6.45) is -2.63. The van der Waals surface area contributed by atoms with Gasteiger partial charge in [0, 0.05) is 24.2 Å². The maximum absolute atomic E-state index is 13.2. The highest BCUT2D eigenvalue weighted by molar-refractivity contribution is 5.85. The molecule has 2 N–H and O–H groups in total. The van der Waals surface area contributed by atoms with Crippen LogP contribution in [0.3, 0.4) is 0 Å². The van der Waals surface area contributed by atoms with Crippen molar-refractivity contribution >= 4 is 24.8 Å². The molecule has 0 aliphatic carbocycles. The number of aryl methyl sites for hydroxylation is 1. The van der Waals surface area contributed by atoms with Gasteiger partial charge in [0.05, 0.1) is 12.8 Å². The van der Waals surface area contributed by atoms with E-state index in [2.05, 4.69) is 57.3 Å². The van der Waals surface area contributed by atoms with Crippen LogP contribution < -0.4 is 15.4 Å². The largest absolute Gasteiger partial charge is 0.496 e. The summed E-state index contributed by atoms with van der Waals surface area (Å²) in [4.78, 5) is 0. The minimum Gasteiger partial charge on any atom is -0.496 e. The molecule has 0 amide bonds. The highest BCUT2D eigenvalue weighted by Crippen LogP contribution is 2.30. The van der Waals surface area contributed by atoms with Gasteiger partial charge in [-0.1, -0.05) is 29.8 Å². The Balaban J connectivity index is 0.00000204. The van der Waals surface area contributed by atoms with Gasteiger partial charge >= 0.3 is 6.18 Å². The molecule has 7 nitrogen and oxygen atoms in total. The van der Waals surface area contributed by atoms with E-state index in [1.54, 1.807) is 12.1 Å². The maximum Gasteiger partial charge on any atom is 0.453 e. The number of tetrazole rings is 1. The summed E-state index contributed by atoms with van der Waals surface area (Å²) >= 11 is 0. The molecule has 0 bridgehead atoms. The second-order valence-electron chi connectivity index (χ2n) is 7.88. The van der Waals surface area contributed by atoms with Crippen LogP contribution in [0.25, 0.3) is 5.69 Å². The number of aromatic nitrogens is 4. The lowest BCUT2D eigenvalue weighted by atomic mass is 9.91. The average molecular weight is 519 g/mol. The molecule has 1 fully saturated rings. The number of alkyl halides is 3. The summed E-state index contributed by atoms with van der Waals surface area (Å²) in [5, 5.41) is 17.0. The Labute approximate surface area is 208 Å². The second-order valence-corrected chi connectivity index (χ2v) is 7.88. The van der Waals surface area contributed by atoms with Gasteiger partial charge in [-0.2, -0.15) is 17.9 Å². The van der Waals surface area contributed by atoms with Gasteiger partial charge < -0.3 is 15.4 Å². The summed E-state index contributed by atoms with van der Waals surface area (Å²) in [7, 11) is 1.54. The summed E-state index contributed by atoms with van der Waals surface area (Å²) in [6.45, 7) is 3.42. The number of nitrogens with one attached hydrogen (secondary N) is 2. The summed E-state index contributed by atoms with van der Waals surface area (Å²) < 4.78 is 45.8. The van der Waals surface area contributed by atoms with E-state index in [0.29, 0.717) is 17.0 Å². The van der Waals surface area contributed by atoms with Crippen LogP contribution in [-0.4, -0.2) is 39.9 Å². The van der Waals surface area contributed by atoms with Crippen molar-refractivity contribution in [1.29, 1.82) is 0 Å². The van der Waals surface area contributed by atoms with E-state index in [-0.39, 0.29) is 42.6 Å². The number of halogens is 5. The molecule has 0 radical (unpaired) electrons. The van der Waals surface area contributed by atoms with Gasteiger partial charge in [-0.15, -0.1) is 29.9 Å². The van der Waals surface area contributed by atoms with E-state index in [4.69, 9.17) is 4.74 Å². The SMILES string of the molecule is COc1ccc(-n2nnnc2C(F)(F)F)cc1CN[C@@H]1CCCN[C@@H]1c1ccc(C)cc1.Cl.Cl. The number of hydrogen-bond acceptors (Lipinski definition) is 6. The van der Waals surface area contributed by atoms with Crippen molar-refractivity contribution in [1.82, 2.24) is 30.8 Å². The third kappa shape index (κ3) is 6.18. The average Bonchev–Trinajstić information content (AvgIpc) is 3.29. The van der Waals surface area contributed by atoms with Gasteiger partial charge in [0.15, 0.2) is 0 Å². The highest BCUT2D eigenvalue weighted by atomic mass is 35.5. The van der Waals surface area contributed by atoms with E-state index >= 15 is 0 Å². The molecule has 2 heterocycles. The molecular weight excluding hydrogens is 492 g/mol. The highest BCUT2D eigenvalue weighted by Gasteiger charge is 2.38. The molecule has 2 aromatic carbocycles. The van der Waals surface area contributed by atoms with Crippen molar-refractivity contribution in [2.75, 3.05) is 13.7 Å². The van der Waals surface area contributed by atoms with Crippen LogP contribution in [0, 0.1) is 6.92 Å². The number of hydrogen-bond donors (Lipinski definition) is 2. The fraction of sp³-hybridized carbons (Fsp3) is 0.409. The predicted molar refractivity (Wildman–Crippen MR) is 127 cm³/mol. The van der Waals surface area contributed by atoms with Crippen molar-refractivity contribution < 1.29 is 17.9 Å². The third-order valence-corrected chi connectivity index (χ3v) is 5.68. The fourth-order valence-corrected chi connectivity index (χ4v) is 4.05. The summed E-state index contributed by atoms with van der Waals surface area (Å²) in [5.41, 5.74) is 3.35. The number of piperidine rings is 1. The number of methoxy groups -OCH3 is 1. The van der Waals surface area contributed by atoms with Crippen molar-refractivity contribution in [3.05, 3.63) is 65.0 Å². The van der Waals surface area contributed by atoms with Gasteiger partial charge in [0.25, 0.3) is 5.82 Å². The molecule has 12 heteroatoms. The van der Waals surface area contributed by atoms with E-state index in [0.717, 1.165) is 24.9 Å². The lowest BCUT2D eigenvalue weighted by Gasteiger charge is -2.34. The molecule has 0 saturated carbocycles. The zero-order valence-electron chi connectivity index (χ0n) is 18.7. The summed E-state index contributed by atoms with van der Waals surface area (Å²) in [6, 6.07) is 13.5. The topological polar surface area (TPSA) is 76.9 Å². The van der Waals surface area contributed by atoms with E-state index in [1.165, 1.54) is 24.3 Å². The zero-order chi connectivity index (χ0) is 22.7. The standard InChI is InChI=1S/C22H25F3N6O.2ClH/c1-14-5-7-15(8-6-14)20-18(4-3-11-26-20)27-13-16-12-17(9-10-19(16)32-2)31-21(22(23,24)25)28-29-30-31;;/h5-10,12,18,20,26-27H,3-4,11,13H2,1-2H3;2*1H/t18-,20-;;/m1../s1.